The van der Waals surface area contributed by atoms with E-state index in [0.29, 0.717) is 5.69 Å². The summed E-state index contributed by atoms with van der Waals surface area (Å²) in [6.45, 7) is 0. The number of nitrogens with one attached hydrogen (secondary N) is 2. The Bertz CT molecular complexity index is 1090. The van der Waals surface area contributed by atoms with Crippen molar-refractivity contribution >= 4 is 34.4 Å². The maximum absolute atomic E-state index is 11.9. The summed E-state index contributed by atoms with van der Waals surface area (Å²) in [7, 11) is 0. The molecule has 0 saturated heterocycles. The van der Waals surface area contributed by atoms with Crippen LogP contribution in [0.4, 0.5) is 34.4 Å². The highest BCUT2D eigenvalue weighted by Crippen LogP contribution is 2.33. The van der Waals surface area contributed by atoms with Gasteiger partial charge < -0.3 is 5.32 Å². The molecule has 9 nitrogen and oxygen atoms in total. The maximum Gasteiger partial charge on any atom is 0.355 e. The van der Waals surface area contributed by atoms with E-state index in [1.165, 1.54) is 6.33 Å². The van der Waals surface area contributed by atoms with Crippen LogP contribution in [0.1, 0.15) is 0 Å². The Balaban J connectivity index is 1.75. The van der Waals surface area contributed by atoms with E-state index in [1.54, 1.807) is 29.5 Å². The van der Waals surface area contributed by atoms with Gasteiger partial charge in [-0.2, -0.15) is 0 Å². The fourth-order valence-corrected chi connectivity index (χ4v) is 2.84. The molecular formula is C21H17N7O2. The minimum Gasteiger partial charge on any atom is -0.333 e. The number of nitrogens with zero attached hydrogens (tertiary/aromatic N) is 5. The summed E-state index contributed by atoms with van der Waals surface area (Å²) < 4.78 is 0. The van der Waals surface area contributed by atoms with E-state index >= 15 is 0 Å². The van der Waals surface area contributed by atoms with Crippen LogP contribution in [0, 0.1) is 10.1 Å². The topological polar surface area (TPSA) is 109 Å². The Morgan fingerprint density at radius 2 is 1.47 bits per heavy atom. The Kier molecular flexibility index (Phi) is 5.43. The highest BCUT2D eigenvalue weighted by Gasteiger charge is 2.25. The summed E-state index contributed by atoms with van der Waals surface area (Å²) in [5, 5.41) is 16.6. The first kappa shape index (κ1) is 18.8. The van der Waals surface area contributed by atoms with Gasteiger partial charge >= 0.3 is 5.69 Å². The highest BCUT2D eigenvalue weighted by atomic mass is 16.6. The Morgan fingerprint density at radius 1 is 0.833 bits per heavy atom. The van der Waals surface area contributed by atoms with Gasteiger partial charge in [0.05, 0.1) is 28.2 Å². The van der Waals surface area contributed by atoms with E-state index < -0.39 is 4.92 Å². The van der Waals surface area contributed by atoms with Crippen molar-refractivity contribution in [1.29, 1.82) is 0 Å². The first-order valence-electron chi connectivity index (χ1n) is 9.05. The molecule has 30 heavy (non-hydrogen) atoms. The molecule has 0 bridgehead atoms. The molecule has 0 fully saturated rings. The van der Waals surface area contributed by atoms with Crippen molar-refractivity contribution in [2.45, 2.75) is 0 Å². The van der Waals surface area contributed by atoms with E-state index in [2.05, 4.69) is 25.7 Å². The molecule has 0 unspecified atom stereocenters. The van der Waals surface area contributed by atoms with Crippen LogP contribution in [-0.2, 0) is 0 Å². The monoisotopic (exact) mass is 399 g/mol. The second-order valence-electron chi connectivity index (χ2n) is 6.16. The smallest absolute Gasteiger partial charge is 0.333 e. The lowest BCUT2D eigenvalue weighted by Crippen LogP contribution is -2.26. The lowest BCUT2D eigenvalue weighted by Gasteiger charge is -2.26. The molecular weight excluding hydrogens is 382 g/mol. The third-order valence-corrected chi connectivity index (χ3v) is 4.18. The van der Waals surface area contributed by atoms with Crippen LogP contribution in [0.2, 0.25) is 0 Å². The van der Waals surface area contributed by atoms with Crippen molar-refractivity contribution in [2.75, 3.05) is 15.8 Å². The molecule has 2 N–H and O–H groups in total. The van der Waals surface area contributed by atoms with Gasteiger partial charge in [0.2, 0.25) is 11.6 Å². The summed E-state index contributed by atoms with van der Waals surface area (Å²) in [5.41, 5.74) is 4.95. The molecule has 0 amide bonds. The minimum atomic E-state index is -0.519. The molecule has 148 valence electrons. The standard InChI is InChI=1S/C21H17N7O2/c29-28(30)19-20(25-16-8-7-13-22-14-16)23-15-24-21(19)26-27(17-9-3-1-4-10-17)18-11-5-2-6-12-18/h1-15H,(H2,23,24,25,26). The summed E-state index contributed by atoms with van der Waals surface area (Å²) >= 11 is 0. The fourth-order valence-electron chi connectivity index (χ4n) is 2.84. The Morgan fingerprint density at radius 3 is 2.03 bits per heavy atom. The zero-order valence-corrected chi connectivity index (χ0v) is 15.7. The van der Waals surface area contributed by atoms with Gasteiger partial charge in [-0.3, -0.25) is 25.5 Å². The molecule has 4 aromatic rings. The zero-order chi connectivity index (χ0) is 20.8. The Hall–Kier alpha value is -4.53. The SMILES string of the molecule is O=[N+]([O-])c1c(Nc2cccnc2)ncnc1NN(c1ccccc1)c1ccccc1. The molecule has 0 radical (unpaired) electrons. The van der Waals surface area contributed by atoms with Crippen LogP contribution < -0.4 is 15.8 Å². The van der Waals surface area contributed by atoms with Crippen LogP contribution in [-0.4, -0.2) is 19.9 Å². The summed E-state index contributed by atoms with van der Waals surface area (Å²) in [6, 6.07) is 22.4. The number of para-hydroxylation sites is 2. The van der Waals surface area contributed by atoms with Gasteiger partial charge in [0.1, 0.15) is 6.33 Å². The quantitative estimate of drug-likeness (QED) is 0.340. The number of pyridine rings is 1. The number of hydrogen-bond acceptors (Lipinski definition) is 8. The Labute approximate surface area is 172 Å². The summed E-state index contributed by atoms with van der Waals surface area (Å²) in [5.74, 6) is 0.112. The van der Waals surface area contributed by atoms with Crippen LogP contribution in [0.25, 0.3) is 0 Å². The largest absolute Gasteiger partial charge is 0.355 e. The first-order valence-corrected chi connectivity index (χ1v) is 9.05. The lowest BCUT2D eigenvalue weighted by molar-refractivity contribution is -0.383. The molecule has 2 aromatic heterocycles. The van der Waals surface area contributed by atoms with Crippen LogP contribution in [0.3, 0.4) is 0 Å². The van der Waals surface area contributed by atoms with Gasteiger partial charge in [0, 0.05) is 6.20 Å². The van der Waals surface area contributed by atoms with Gasteiger partial charge in [-0.15, -0.1) is 0 Å². The molecule has 0 aliphatic rings. The van der Waals surface area contributed by atoms with Crippen molar-refractivity contribution in [3.8, 4) is 0 Å². The second kappa shape index (κ2) is 8.65. The number of hydrazine groups is 1. The number of rotatable bonds is 7. The molecule has 0 aliphatic heterocycles. The van der Waals surface area contributed by atoms with Gasteiger partial charge in [-0.1, -0.05) is 36.4 Å². The second-order valence-corrected chi connectivity index (χ2v) is 6.16. The fraction of sp³-hybridized carbons (Fsp3) is 0. The predicted octanol–water partition coefficient (Wildman–Crippen LogP) is 4.69. The van der Waals surface area contributed by atoms with E-state index in [0.717, 1.165) is 11.4 Å². The molecule has 0 aliphatic carbocycles. The third-order valence-electron chi connectivity index (χ3n) is 4.18. The van der Waals surface area contributed by atoms with Crippen molar-refractivity contribution in [3.63, 3.8) is 0 Å². The summed E-state index contributed by atoms with van der Waals surface area (Å²) in [4.78, 5) is 23.6. The number of benzene rings is 2. The van der Waals surface area contributed by atoms with Crippen molar-refractivity contribution in [3.05, 3.63) is 102 Å². The minimum absolute atomic E-state index is 0.0501. The first-order chi connectivity index (χ1) is 14.7. The number of aromatic nitrogens is 3. The van der Waals surface area contributed by atoms with Gasteiger partial charge in [0.15, 0.2) is 0 Å². The van der Waals surface area contributed by atoms with Crippen molar-refractivity contribution in [2.24, 2.45) is 0 Å². The molecule has 0 saturated carbocycles. The number of anilines is 5. The zero-order valence-electron chi connectivity index (χ0n) is 15.7. The highest BCUT2D eigenvalue weighted by molar-refractivity contribution is 5.77. The molecule has 0 spiro atoms. The van der Waals surface area contributed by atoms with Crippen LogP contribution in [0.15, 0.2) is 91.5 Å². The number of nitro groups is 1. The molecule has 2 aromatic carbocycles. The van der Waals surface area contributed by atoms with Crippen molar-refractivity contribution < 1.29 is 4.92 Å². The van der Waals surface area contributed by atoms with Gasteiger partial charge in [-0.25, -0.2) is 9.97 Å². The van der Waals surface area contributed by atoms with Gasteiger partial charge in [0.25, 0.3) is 0 Å². The van der Waals surface area contributed by atoms with Crippen LogP contribution in [0.5, 0.6) is 0 Å². The van der Waals surface area contributed by atoms with Gasteiger partial charge in [-0.05, 0) is 36.4 Å². The summed E-state index contributed by atoms with van der Waals surface area (Å²) in [6.07, 6.45) is 4.44. The molecule has 9 heteroatoms. The molecule has 4 rings (SSSR count). The van der Waals surface area contributed by atoms with E-state index in [9.17, 15) is 10.1 Å². The maximum atomic E-state index is 11.9. The van der Waals surface area contributed by atoms with E-state index in [4.69, 9.17) is 0 Å². The van der Waals surface area contributed by atoms with Crippen molar-refractivity contribution in [1.82, 2.24) is 15.0 Å². The predicted molar refractivity (Wildman–Crippen MR) is 115 cm³/mol. The average molecular weight is 399 g/mol. The van der Waals surface area contributed by atoms with E-state index in [-0.39, 0.29) is 17.3 Å². The van der Waals surface area contributed by atoms with E-state index in [1.807, 2.05) is 60.7 Å². The van der Waals surface area contributed by atoms with Crippen LogP contribution >= 0.6 is 0 Å². The lowest BCUT2D eigenvalue weighted by atomic mass is 10.2. The number of hydrogen-bond donors (Lipinski definition) is 2. The average Bonchev–Trinajstić information content (AvgIpc) is 2.79. The molecule has 0 atom stereocenters. The normalized spacial score (nSPS) is 10.3. The molecule has 2 heterocycles. The third kappa shape index (κ3) is 4.14.